The summed E-state index contributed by atoms with van der Waals surface area (Å²) in [6.07, 6.45) is 35.0. The Morgan fingerprint density at radius 3 is 2.30 bits per heavy atom. The largest absolute Gasteiger partial charge is 0.393 e. The second-order valence-corrected chi connectivity index (χ2v) is 18.1. The van der Waals surface area contributed by atoms with Gasteiger partial charge >= 0.3 is 5.97 Å². The molecule has 0 aliphatic heterocycles. The van der Waals surface area contributed by atoms with E-state index in [4.69, 9.17) is 4.89 Å². The van der Waals surface area contributed by atoms with E-state index in [2.05, 4.69) is 77.0 Å². The van der Waals surface area contributed by atoms with Crippen molar-refractivity contribution in [2.45, 2.75) is 182 Å². The van der Waals surface area contributed by atoms with Gasteiger partial charge in [-0.15, -0.1) is 0 Å². The van der Waals surface area contributed by atoms with E-state index in [-0.39, 0.29) is 11.3 Å². The number of aliphatic hydroxyl groups excluding tert-OH is 1. The third-order valence-corrected chi connectivity index (χ3v) is 14.6. The van der Waals surface area contributed by atoms with Crippen LogP contribution in [0.1, 0.15) is 176 Å². The molecule has 4 aliphatic carbocycles. The van der Waals surface area contributed by atoms with Gasteiger partial charge in [-0.3, -0.25) is 4.89 Å². The van der Waals surface area contributed by atoms with E-state index in [0.29, 0.717) is 36.5 Å². The lowest BCUT2D eigenvalue weighted by molar-refractivity contribution is -0.464. The summed E-state index contributed by atoms with van der Waals surface area (Å²) < 4.78 is 0. The Balaban J connectivity index is 1.38. The Morgan fingerprint density at radius 1 is 0.880 bits per heavy atom. The molecular formula is C45H76O5. The van der Waals surface area contributed by atoms with Crippen LogP contribution in [0, 0.1) is 58.2 Å². The Labute approximate surface area is 307 Å². The molecule has 4 rings (SSSR count). The fraction of sp³-hybridized carbons (Fsp3) is 0.844. The predicted octanol–water partition coefficient (Wildman–Crippen LogP) is 12.6. The molecule has 5 nitrogen and oxygen atoms in total. The van der Waals surface area contributed by atoms with Crippen LogP contribution in [0.25, 0.3) is 0 Å². The van der Waals surface area contributed by atoms with Crippen LogP contribution in [-0.4, -0.2) is 22.4 Å². The van der Waals surface area contributed by atoms with Crippen molar-refractivity contribution in [2.75, 3.05) is 0 Å². The van der Waals surface area contributed by atoms with Crippen molar-refractivity contribution in [3.63, 3.8) is 0 Å². The average molecular weight is 697 g/mol. The van der Waals surface area contributed by atoms with E-state index in [1.54, 1.807) is 0 Å². The monoisotopic (exact) mass is 697 g/mol. The fourth-order valence-corrected chi connectivity index (χ4v) is 12.0. The molecule has 2 unspecified atom stereocenters. The molecule has 0 amide bonds. The number of carbonyl (C=O) groups is 1. The van der Waals surface area contributed by atoms with E-state index >= 15 is 0 Å². The minimum absolute atomic E-state index is 0.0255. The Morgan fingerprint density at radius 2 is 1.60 bits per heavy atom. The molecule has 5 heteroatoms. The van der Waals surface area contributed by atoms with Crippen LogP contribution in [0.3, 0.4) is 0 Å². The van der Waals surface area contributed by atoms with Gasteiger partial charge in [0.05, 0.1) is 12.0 Å². The first-order chi connectivity index (χ1) is 24.1. The lowest BCUT2D eigenvalue weighted by Crippen LogP contribution is -2.56. The molecule has 4 aliphatic rings. The van der Waals surface area contributed by atoms with E-state index in [9.17, 15) is 15.2 Å². The molecule has 2 N–H and O–H groups in total. The molecule has 0 aromatic carbocycles. The highest BCUT2D eigenvalue weighted by Gasteiger charge is 2.62. The summed E-state index contributed by atoms with van der Waals surface area (Å²) >= 11 is 0. The van der Waals surface area contributed by atoms with Gasteiger partial charge < -0.3 is 5.11 Å². The molecule has 0 heterocycles. The fourth-order valence-electron chi connectivity index (χ4n) is 12.0. The summed E-state index contributed by atoms with van der Waals surface area (Å²) in [6, 6.07) is 0. The highest BCUT2D eigenvalue weighted by atomic mass is 17.5. The topological polar surface area (TPSA) is 76.0 Å². The number of hydrogen-bond acceptors (Lipinski definition) is 5. The van der Waals surface area contributed by atoms with Crippen molar-refractivity contribution in [3.05, 3.63) is 36.0 Å². The second-order valence-electron chi connectivity index (χ2n) is 18.1. The van der Waals surface area contributed by atoms with Crippen molar-refractivity contribution in [2.24, 2.45) is 58.2 Å². The molecule has 50 heavy (non-hydrogen) atoms. The van der Waals surface area contributed by atoms with Crippen molar-refractivity contribution in [3.8, 4) is 0 Å². The third-order valence-electron chi connectivity index (χ3n) is 14.6. The van der Waals surface area contributed by atoms with Crippen LogP contribution >= 0.6 is 0 Å². The molecule has 0 spiro atoms. The molecule has 0 aromatic heterocycles. The summed E-state index contributed by atoms with van der Waals surface area (Å²) in [7, 11) is 0. The molecule has 286 valence electrons. The van der Waals surface area contributed by atoms with Crippen molar-refractivity contribution in [1.82, 2.24) is 0 Å². The summed E-state index contributed by atoms with van der Waals surface area (Å²) in [5.74, 6) is 3.32. The van der Waals surface area contributed by atoms with Gasteiger partial charge in [0.25, 0.3) is 0 Å². The zero-order valence-electron chi connectivity index (χ0n) is 33.1. The van der Waals surface area contributed by atoms with Gasteiger partial charge in [-0.05, 0) is 141 Å². The van der Waals surface area contributed by atoms with Gasteiger partial charge in [0, 0.05) is 0 Å². The Kier molecular flexibility index (Phi) is 16.6. The van der Waals surface area contributed by atoms with E-state index < -0.39 is 18.0 Å². The van der Waals surface area contributed by atoms with Gasteiger partial charge in [-0.1, -0.05) is 129 Å². The van der Waals surface area contributed by atoms with E-state index in [0.717, 1.165) is 68.6 Å². The minimum atomic E-state index is -0.475. The van der Waals surface area contributed by atoms with Gasteiger partial charge in [0.15, 0.2) is 0 Å². The maximum absolute atomic E-state index is 13.5. The van der Waals surface area contributed by atoms with Crippen LogP contribution in [0.2, 0.25) is 0 Å². The second kappa shape index (κ2) is 20.1. The standard InChI is InChI=1S/C45H76O5/c1-7-8-9-10-11-12-13-14-15-16-17-18-19-20-24-38(43(47)49-50-48)42-32-36(46)31-35-25-26-37-40-28-27-39(34(4)23-21-22-33(2)3)44(40,5)30-29-41(37)45(35,42)6/h11-12,14-15,25,33-34,36-42,46,48H,7-10,13,16-24,26-32H2,1-6H3/b12-11-,15-14-/t34-,36-,37+,38?,39-,40+,41+,42?,44-,45-/m1/s1. The van der Waals surface area contributed by atoms with Crippen LogP contribution in [0.15, 0.2) is 36.0 Å². The van der Waals surface area contributed by atoms with Gasteiger partial charge in [0.2, 0.25) is 0 Å². The Bertz CT molecular complexity index is 1110. The SMILES string of the molecule is CCCCC/C=C\C/C=C\CCCCCCC(C(=O)OOO)C1C[C@H](O)CC2=CC[C@H]3[C@@H]4CC[C@H]([C@H](C)CCCC(C)C)[C@@]4(C)CC[C@@H]3[C@@]21C. The maximum Gasteiger partial charge on any atom is 0.348 e. The molecule has 0 saturated heterocycles. The summed E-state index contributed by atoms with van der Waals surface area (Å²) in [4.78, 5) is 18.4. The lowest BCUT2D eigenvalue weighted by Gasteiger charge is -2.61. The molecule has 3 fully saturated rings. The highest BCUT2D eigenvalue weighted by molar-refractivity contribution is 5.72. The predicted molar refractivity (Wildman–Crippen MR) is 206 cm³/mol. The average Bonchev–Trinajstić information content (AvgIpc) is 3.44. The van der Waals surface area contributed by atoms with Crippen LogP contribution in [-0.2, 0) is 14.7 Å². The summed E-state index contributed by atoms with van der Waals surface area (Å²) in [5.41, 5.74) is 1.61. The lowest BCUT2D eigenvalue weighted by atomic mass is 9.43. The number of fused-ring (bicyclic) bond motifs is 5. The quantitative estimate of drug-likeness (QED) is 0.0541. The van der Waals surface area contributed by atoms with Gasteiger partial charge in [-0.25, -0.2) is 10.1 Å². The van der Waals surface area contributed by atoms with Gasteiger partial charge in [-0.2, -0.15) is 0 Å². The number of hydrogen-bond donors (Lipinski definition) is 2. The van der Waals surface area contributed by atoms with E-state index in [1.165, 1.54) is 76.2 Å². The molecule has 0 aromatic rings. The van der Waals surface area contributed by atoms with Crippen LogP contribution < -0.4 is 0 Å². The Hall–Kier alpha value is -1.43. The normalized spacial score (nSPS) is 33.7. The van der Waals surface area contributed by atoms with Crippen molar-refractivity contribution >= 4 is 5.97 Å². The van der Waals surface area contributed by atoms with E-state index in [1.807, 2.05) is 0 Å². The number of allylic oxidation sites excluding steroid dienone is 5. The number of carbonyl (C=O) groups excluding carboxylic acids is 1. The first-order valence-corrected chi connectivity index (χ1v) is 21.3. The number of rotatable bonds is 21. The first kappa shape index (κ1) is 41.3. The maximum atomic E-state index is 13.5. The molecule has 10 atom stereocenters. The summed E-state index contributed by atoms with van der Waals surface area (Å²) in [6.45, 7) is 14.5. The summed E-state index contributed by atoms with van der Waals surface area (Å²) in [5, 5.41) is 24.4. The minimum Gasteiger partial charge on any atom is -0.393 e. The van der Waals surface area contributed by atoms with Crippen LogP contribution in [0.4, 0.5) is 0 Å². The third kappa shape index (κ3) is 10.2. The smallest absolute Gasteiger partial charge is 0.348 e. The zero-order valence-corrected chi connectivity index (χ0v) is 33.1. The zero-order chi connectivity index (χ0) is 36.1. The molecule has 3 saturated carbocycles. The van der Waals surface area contributed by atoms with Gasteiger partial charge in [0.1, 0.15) is 0 Å². The molecule has 0 bridgehead atoms. The number of aliphatic hydroxyl groups is 1. The van der Waals surface area contributed by atoms with Crippen molar-refractivity contribution in [1.29, 1.82) is 0 Å². The van der Waals surface area contributed by atoms with Crippen LogP contribution in [0.5, 0.6) is 0 Å². The molecule has 0 radical (unpaired) electrons. The first-order valence-electron chi connectivity index (χ1n) is 21.3. The number of unbranched alkanes of at least 4 members (excludes halogenated alkanes) is 7. The highest BCUT2D eigenvalue weighted by Crippen LogP contribution is 2.69. The van der Waals surface area contributed by atoms with Crippen molar-refractivity contribution < 1.29 is 25.1 Å². The molecular weight excluding hydrogens is 620 g/mol.